The van der Waals surface area contributed by atoms with Crippen LogP contribution in [0.5, 0.6) is 0 Å². The van der Waals surface area contributed by atoms with E-state index >= 15 is 0 Å². The van der Waals surface area contributed by atoms with Crippen molar-refractivity contribution in [2.24, 2.45) is 0 Å². The van der Waals surface area contributed by atoms with Crippen LogP contribution in [0.3, 0.4) is 0 Å². The molecular weight excluding hydrogens is 956 g/mol. The molecule has 10 heterocycles. The van der Waals surface area contributed by atoms with Gasteiger partial charge in [0, 0.05) is 97.8 Å². The van der Waals surface area contributed by atoms with Gasteiger partial charge in [-0.3, -0.25) is 14.8 Å². The molecule has 2 aliphatic heterocycles. The van der Waals surface area contributed by atoms with Gasteiger partial charge in [-0.25, -0.2) is 14.8 Å². The number of nitrogens with zero attached hydrogens (tertiary/aromatic N) is 11. The number of benzene rings is 2. The Kier molecular flexibility index (Phi) is 12.9. The standard InChI is InChI=1S/C24H20ClN7OS.C19H18ClN7.C5H4O2S/c25-20-21(26)32-22(17(14-28-32)16-12-15-4-1-2-5-18(15)27-13-16)29-23(20)30-7-9-31(10-8-30)24(33)19-6-3-11-34-19;20-16-17(21)27-18(25-19(16)26-7-5-22-6-8-26)14(11-24-27)13-9-12-3-1-2-4-15(12)23-10-13;6-5(7)4-2-1-3-8-4/h1-6,11-14H,7-10,26H2;1-4,9-11,22H,5-8,21H2;1-3H,(H,6,7). The number of carbonyl (C=O) groups excluding carboxylic acids is 1. The van der Waals surface area contributed by atoms with Crippen LogP contribution in [-0.4, -0.2) is 113 Å². The molecule has 0 aliphatic carbocycles. The minimum atomic E-state index is -0.847. The second kappa shape index (κ2) is 19.7. The third-order valence-corrected chi connectivity index (χ3v) is 14.2. The van der Waals surface area contributed by atoms with Crippen molar-refractivity contribution in [3.05, 3.63) is 140 Å². The van der Waals surface area contributed by atoms with Crippen molar-refractivity contribution >= 4 is 114 Å². The molecule has 6 N–H and O–H groups in total. The van der Waals surface area contributed by atoms with E-state index in [4.69, 9.17) is 49.7 Å². The summed E-state index contributed by atoms with van der Waals surface area (Å²) in [7, 11) is 0. The van der Waals surface area contributed by atoms with Crippen molar-refractivity contribution in [1.82, 2.24) is 49.4 Å². The molecule has 10 aromatic rings. The Hall–Kier alpha value is -7.42. The number of halogens is 2. The summed E-state index contributed by atoms with van der Waals surface area (Å²) in [6, 6.07) is 27.2. The molecule has 2 aliphatic rings. The first-order chi connectivity index (χ1) is 33.6. The van der Waals surface area contributed by atoms with Crippen LogP contribution in [0.4, 0.5) is 23.3 Å². The summed E-state index contributed by atoms with van der Waals surface area (Å²) in [5.74, 6) is 1.25. The van der Waals surface area contributed by atoms with Gasteiger partial charge in [0.05, 0.1) is 28.3 Å². The number of nitrogens with one attached hydrogen (secondary N) is 1. The molecule has 2 aromatic carbocycles. The monoisotopic (exact) mass is 996 g/mol. The van der Waals surface area contributed by atoms with Gasteiger partial charge in [0.1, 0.15) is 26.6 Å². The summed E-state index contributed by atoms with van der Waals surface area (Å²) >= 11 is 15.8. The minimum absolute atomic E-state index is 0.0607. The third kappa shape index (κ3) is 9.17. The van der Waals surface area contributed by atoms with E-state index in [1.807, 2.05) is 83.3 Å². The topological polar surface area (TPSA) is 214 Å². The largest absolute Gasteiger partial charge is 0.477 e. The van der Waals surface area contributed by atoms with Gasteiger partial charge in [-0.15, -0.1) is 22.7 Å². The summed E-state index contributed by atoms with van der Waals surface area (Å²) in [5, 5.41) is 27.0. The molecule has 2 saturated heterocycles. The average Bonchev–Trinajstić information content (AvgIpc) is 4.25. The van der Waals surface area contributed by atoms with Crippen molar-refractivity contribution in [3.63, 3.8) is 0 Å². The quantitative estimate of drug-likeness (QED) is 0.124. The number of carboxylic acids is 1. The van der Waals surface area contributed by atoms with Gasteiger partial charge in [-0.2, -0.15) is 19.2 Å². The zero-order chi connectivity index (χ0) is 47.6. The van der Waals surface area contributed by atoms with Crippen LogP contribution in [0.2, 0.25) is 10.0 Å². The highest BCUT2D eigenvalue weighted by Gasteiger charge is 2.27. The smallest absolute Gasteiger partial charge is 0.345 e. The Morgan fingerprint density at radius 2 is 1.09 bits per heavy atom. The predicted octanol–water partition coefficient (Wildman–Crippen LogP) is 8.24. The highest BCUT2D eigenvalue weighted by molar-refractivity contribution is 7.12. The first-order valence-corrected chi connectivity index (χ1v) is 24.3. The maximum Gasteiger partial charge on any atom is 0.345 e. The number of hydrogen-bond donors (Lipinski definition) is 4. The predicted molar refractivity (Wildman–Crippen MR) is 275 cm³/mol. The number of carboxylic acid groups (broad SMARTS) is 1. The maximum absolute atomic E-state index is 12.7. The molecule has 0 saturated carbocycles. The molecule has 0 atom stereocenters. The van der Waals surface area contributed by atoms with Gasteiger partial charge in [0.15, 0.2) is 22.9 Å². The van der Waals surface area contributed by atoms with E-state index in [9.17, 15) is 9.59 Å². The lowest BCUT2D eigenvalue weighted by molar-refractivity contribution is 0.0700. The van der Waals surface area contributed by atoms with Crippen LogP contribution in [0.25, 0.3) is 55.4 Å². The SMILES string of the molecule is Nc1c(Cl)c(N2CCN(C(=O)c3cccs3)CC2)nc2c(-c3cnc4ccccc4c3)cnn12.Nc1c(Cl)c(N2CCNCC2)nc2c(-c3cnc4ccccc4c3)cnn12.O=C(O)c1cccs1. The molecule has 0 unspecified atom stereocenters. The fraction of sp³-hybridized carbons (Fsp3) is 0.167. The number of hydrogen-bond acceptors (Lipinski definition) is 15. The second-order valence-electron chi connectivity index (χ2n) is 16.0. The summed E-state index contributed by atoms with van der Waals surface area (Å²) in [4.78, 5) is 48.9. The van der Waals surface area contributed by atoms with Gasteiger partial charge >= 0.3 is 5.97 Å². The van der Waals surface area contributed by atoms with Crippen molar-refractivity contribution in [1.29, 1.82) is 0 Å². The van der Waals surface area contributed by atoms with Crippen LogP contribution < -0.4 is 26.6 Å². The van der Waals surface area contributed by atoms with Gasteiger partial charge in [-0.1, -0.05) is 71.7 Å². The molecule has 8 aromatic heterocycles. The van der Waals surface area contributed by atoms with Gasteiger partial charge in [-0.05, 0) is 47.2 Å². The summed E-state index contributed by atoms with van der Waals surface area (Å²) < 4.78 is 3.16. The molecule has 17 nitrogen and oxygen atoms in total. The highest BCUT2D eigenvalue weighted by atomic mass is 35.5. The van der Waals surface area contributed by atoms with Crippen molar-refractivity contribution in [3.8, 4) is 22.3 Å². The number of aromatic nitrogens is 8. The number of fused-ring (bicyclic) bond motifs is 4. The Labute approximate surface area is 412 Å². The maximum atomic E-state index is 12.7. The Balaban J connectivity index is 0.000000141. The number of nitrogens with two attached hydrogens (primary N) is 2. The third-order valence-electron chi connectivity index (χ3n) is 11.8. The Bertz CT molecular complexity index is 3480. The molecule has 2 fully saturated rings. The molecule has 0 bridgehead atoms. The molecule has 348 valence electrons. The highest BCUT2D eigenvalue weighted by Crippen LogP contribution is 2.36. The van der Waals surface area contributed by atoms with Crippen molar-refractivity contribution < 1.29 is 14.7 Å². The first-order valence-electron chi connectivity index (χ1n) is 21.8. The van der Waals surface area contributed by atoms with Crippen molar-refractivity contribution in [2.45, 2.75) is 0 Å². The van der Waals surface area contributed by atoms with E-state index < -0.39 is 5.97 Å². The van der Waals surface area contributed by atoms with Crippen LogP contribution >= 0.6 is 45.9 Å². The van der Waals surface area contributed by atoms with Gasteiger partial charge in [0.2, 0.25) is 0 Å². The molecule has 12 rings (SSSR count). The lowest BCUT2D eigenvalue weighted by atomic mass is 10.1. The summed E-state index contributed by atoms with van der Waals surface area (Å²) in [5.41, 5.74) is 19.4. The number of aromatic carboxylic acids is 1. The molecule has 1 amide bonds. The van der Waals surface area contributed by atoms with E-state index in [2.05, 4.69) is 47.4 Å². The zero-order valence-electron chi connectivity index (χ0n) is 36.6. The van der Waals surface area contributed by atoms with Crippen LogP contribution in [0.1, 0.15) is 19.3 Å². The number of pyridine rings is 2. The number of amides is 1. The number of nitrogen functional groups attached to an aromatic ring is 2. The van der Waals surface area contributed by atoms with Crippen LogP contribution in [-0.2, 0) is 0 Å². The molecule has 69 heavy (non-hydrogen) atoms. The number of anilines is 4. The molecule has 0 radical (unpaired) electrons. The Morgan fingerprint density at radius 1 is 0.609 bits per heavy atom. The molecule has 0 spiro atoms. The van der Waals surface area contributed by atoms with Gasteiger partial charge in [0.25, 0.3) is 5.91 Å². The van der Waals surface area contributed by atoms with Crippen molar-refractivity contribution in [2.75, 3.05) is 73.6 Å². The second-order valence-corrected chi connectivity index (χ2v) is 18.6. The molecule has 21 heteroatoms. The van der Waals surface area contributed by atoms with Crippen LogP contribution in [0.15, 0.2) is 120 Å². The van der Waals surface area contributed by atoms with E-state index in [0.29, 0.717) is 75.7 Å². The normalized spacial score (nSPS) is 13.9. The Morgan fingerprint density at radius 3 is 1.55 bits per heavy atom. The average molecular weight is 998 g/mol. The number of carbonyl (C=O) groups is 2. The number of para-hydroxylation sites is 2. The zero-order valence-corrected chi connectivity index (χ0v) is 39.8. The minimum Gasteiger partial charge on any atom is -0.477 e. The number of thiophene rings is 2. The fourth-order valence-corrected chi connectivity index (χ4v) is 9.92. The molecular formula is C48H42Cl2N14O3S2. The summed E-state index contributed by atoms with van der Waals surface area (Å²) in [6.45, 7) is 5.85. The van der Waals surface area contributed by atoms with Gasteiger partial charge < -0.3 is 36.6 Å². The van der Waals surface area contributed by atoms with Crippen LogP contribution in [0, 0.1) is 0 Å². The van der Waals surface area contributed by atoms with E-state index in [-0.39, 0.29) is 5.91 Å². The number of piperazine rings is 2. The fourth-order valence-electron chi connectivity index (χ4n) is 8.18. The first kappa shape index (κ1) is 45.4. The number of rotatable bonds is 6. The van der Waals surface area contributed by atoms with E-state index in [1.54, 1.807) is 38.9 Å². The van der Waals surface area contributed by atoms with E-state index in [0.717, 1.165) is 75.1 Å². The summed E-state index contributed by atoms with van der Waals surface area (Å²) in [6.07, 6.45) is 7.17. The lowest BCUT2D eigenvalue weighted by Crippen LogP contribution is -2.49. The lowest BCUT2D eigenvalue weighted by Gasteiger charge is -2.35. The van der Waals surface area contributed by atoms with E-state index in [1.165, 1.54) is 22.7 Å².